The molecule has 0 radical (unpaired) electrons. The molecule has 0 saturated carbocycles. The predicted molar refractivity (Wildman–Crippen MR) is 80.0 cm³/mol. The third-order valence-electron chi connectivity index (χ3n) is 4.09. The van der Waals surface area contributed by atoms with E-state index in [1.807, 2.05) is 6.20 Å². The third-order valence-corrected chi connectivity index (χ3v) is 4.09. The van der Waals surface area contributed by atoms with Gasteiger partial charge in [-0.1, -0.05) is 6.07 Å². The summed E-state index contributed by atoms with van der Waals surface area (Å²) < 4.78 is 11.4. The molecule has 3 heterocycles. The van der Waals surface area contributed by atoms with Crippen LogP contribution in [-0.4, -0.2) is 24.7 Å². The average Bonchev–Trinajstić information content (AvgIpc) is 2.53. The van der Waals surface area contributed by atoms with Gasteiger partial charge in [0, 0.05) is 12.7 Å². The minimum Gasteiger partial charge on any atom is -0.486 e. The third kappa shape index (κ3) is 2.25. The van der Waals surface area contributed by atoms with Gasteiger partial charge in [-0.05, 0) is 48.2 Å². The molecule has 0 fully saturated rings. The van der Waals surface area contributed by atoms with Crippen LogP contribution in [0.2, 0.25) is 0 Å². The van der Waals surface area contributed by atoms with Crippen molar-refractivity contribution < 1.29 is 9.47 Å². The Labute approximate surface area is 124 Å². The number of pyridine rings is 1. The normalized spacial score (nSPS) is 20.0. The second-order valence-corrected chi connectivity index (χ2v) is 5.59. The zero-order valence-electron chi connectivity index (χ0n) is 12.1. The molecule has 0 amide bonds. The molecule has 21 heavy (non-hydrogen) atoms. The number of fused-ring (bicyclic) bond motifs is 2. The van der Waals surface area contributed by atoms with Gasteiger partial charge >= 0.3 is 0 Å². The first-order valence-corrected chi connectivity index (χ1v) is 7.39. The Balaban J connectivity index is 1.78. The largest absolute Gasteiger partial charge is 0.486 e. The lowest BCUT2D eigenvalue weighted by Crippen LogP contribution is -2.31. The summed E-state index contributed by atoms with van der Waals surface area (Å²) in [6, 6.07) is 8.58. The predicted octanol–water partition coefficient (Wildman–Crippen LogP) is 2.40. The molecular formula is C17H18N2O2. The Kier molecular flexibility index (Phi) is 3.04. The number of nitrogens with zero attached hydrogens (tertiary/aromatic N) is 1. The van der Waals surface area contributed by atoms with Gasteiger partial charge < -0.3 is 14.8 Å². The second kappa shape index (κ2) is 5.04. The minimum atomic E-state index is 0.130. The molecule has 1 aromatic carbocycles. The van der Waals surface area contributed by atoms with Crippen LogP contribution in [-0.2, 0) is 6.42 Å². The summed E-state index contributed by atoms with van der Waals surface area (Å²) in [6.45, 7) is 4.26. The molecular weight excluding hydrogens is 264 g/mol. The molecule has 0 bridgehead atoms. The van der Waals surface area contributed by atoms with Gasteiger partial charge in [0.15, 0.2) is 11.5 Å². The molecule has 1 aromatic heterocycles. The molecule has 1 N–H and O–H groups in total. The van der Waals surface area contributed by atoms with E-state index in [9.17, 15) is 0 Å². The summed E-state index contributed by atoms with van der Waals surface area (Å²) in [4.78, 5) is 4.58. The maximum atomic E-state index is 5.72. The van der Waals surface area contributed by atoms with Crippen LogP contribution in [0.1, 0.15) is 28.4 Å². The number of hydrogen-bond acceptors (Lipinski definition) is 4. The topological polar surface area (TPSA) is 43.4 Å². The summed E-state index contributed by atoms with van der Waals surface area (Å²) in [5.74, 6) is 1.72. The Morgan fingerprint density at radius 1 is 1.14 bits per heavy atom. The second-order valence-electron chi connectivity index (χ2n) is 5.59. The van der Waals surface area contributed by atoms with Crippen LogP contribution in [0.25, 0.3) is 0 Å². The van der Waals surface area contributed by atoms with Crippen LogP contribution in [0.3, 0.4) is 0 Å². The molecule has 4 rings (SSSR count). The quantitative estimate of drug-likeness (QED) is 0.872. The van der Waals surface area contributed by atoms with Crippen molar-refractivity contribution >= 4 is 0 Å². The highest BCUT2D eigenvalue weighted by molar-refractivity contribution is 5.51. The van der Waals surface area contributed by atoms with E-state index < -0.39 is 0 Å². The van der Waals surface area contributed by atoms with Crippen molar-refractivity contribution in [1.82, 2.24) is 10.3 Å². The summed E-state index contributed by atoms with van der Waals surface area (Å²) in [5.41, 5.74) is 4.81. The SMILES string of the molecule is Cc1ccc(C2NCCc3cc4c(cc32)OCCO4)nc1. The van der Waals surface area contributed by atoms with Crippen molar-refractivity contribution in [3.63, 3.8) is 0 Å². The first-order valence-electron chi connectivity index (χ1n) is 7.39. The number of rotatable bonds is 1. The number of benzene rings is 1. The van der Waals surface area contributed by atoms with E-state index in [2.05, 4.69) is 41.5 Å². The molecule has 2 aliphatic heterocycles. The molecule has 1 unspecified atom stereocenters. The Morgan fingerprint density at radius 2 is 1.95 bits per heavy atom. The minimum absolute atomic E-state index is 0.130. The van der Waals surface area contributed by atoms with Gasteiger partial charge in [-0.15, -0.1) is 0 Å². The highest BCUT2D eigenvalue weighted by Gasteiger charge is 2.25. The monoisotopic (exact) mass is 282 g/mol. The first kappa shape index (κ1) is 12.7. The van der Waals surface area contributed by atoms with Crippen LogP contribution in [0.15, 0.2) is 30.5 Å². The Hall–Kier alpha value is -2.07. The van der Waals surface area contributed by atoms with Gasteiger partial charge in [-0.25, -0.2) is 0 Å². The van der Waals surface area contributed by atoms with E-state index in [1.165, 1.54) is 16.7 Å². The summed E-state index contributed by atoms with van der Waals surface area (Å²) in [5, 5.41) is 3.56. The van der Waals surface area contributed by atoms with Crippen molar-refractivity contribution in [2.24, 2.45) is 0 Å². The lowest BCUT2D eigenvalue weighted by atomic mass is 9.91. The fraction of sp³-hybridized carbons (Fsp3) is 0.353. The maximum Gasteiger partial charge on any atom is 0.161 e. The fourth-order valence-corrected chi connectivity index (χ4v) is 3.01. The van der Waals surface area contributed by atoms with Gasteiger partial charge in [0.1, 0.15) is 13.2 Å². The summed E-state index contributed by atoms with van der Waals surface area (Å²) >= 11 is 0. The molecule has 2 aromatic rings. The smallest absolute Gasteiger partial charge is 0.161 e. The zero-order valence-corrected chi connectivity index (χ0v) is 12.1. The van der Waals surface area contributed by atoms with E-state index in [0.29, 0.717) is 13.2 Å². The lowest BCUT2D eigenvalue weighted by molar-refractivity contribution is 0.171. The Morgan fingerprint density at radius 3 is 2.71 bits per heavy atom. The molecule has 0 aliphatic carbocycles. The number of nitrogens with one attached hydrogen (secondary N) is 1. The van der Waals surface area contributed by atoms with Crippen LogP contribution in [0, 0.1) is 6.92 Å². The van der Waals surface area contributed by atoms with Gasteiger partial charge in [-0.2, -0.15) is 0 Å². The van der Waals surface area contributed by atoms with Gasteiger partial charge in [0.2, 0.25) is 0 Å². The molecule has 0 spiro atoms. The number of ether oxygens (including phenoxy) is 2. The van der Waals surface area contributed by atoms with E-state index in [1.54, 1.807) is 0 Å². The van der Waals surface area contributed by atoms with E-state index >= 15 is 0 Å². The molecule has 108 valence electrons. The zero-order chi connectivity index (χ0) is 14.2. The highest BCUT2D eigenvalue weighted by Crippen LogP contribution is 2.38. The van der Waals surface area contributed by atoms with Gasteiger partial charge in [0.05, 0.1) is 11.7 Å². The van der Waals surface area contributed by atoms with Crippen LogP contribution >= 0.6 is 0 Å². The Bertz CT molecular complexity index is 667. The number of aromatic nitrogens is 1. The average molecular weight is 282 g/mol. The van der Waals surface area contributed by atoms with Crippen molar-refractivity contribution in [1.29, 1.82) is 0 Å². The maximum absolute atomic E-state index is 5.72. The molecule has 0 saturated heterocycles. The fourth-order valence-electron chi connectivity index (χ4n) is 3.01. The number of aryl methyl sites for hydroxylation is 1. The van der Waals surface area contributed by atoms with Crippen LogP contribution < -0.4 is 14.8 Å². The van der Waals surface area contributed by atoms with Crippen LogP contribution in [0.4, 0.5) is 0 Å². The standard InChI is InChI=1S/C17H18N2O2/c1-11-2-3-14(19-10-11)17-13-9-16-15(20-6-7-21-16)8-12(13)4-5-18-17/h2-3,8-10,17-18H,4-7H2,1H3. The van der Waals surface area contributed by atoms with E-state index in [4.69, 9.17) is 9.47 Å². The van der Waals surface area contributed by atoms with Crippen LogP contribution in [0.5, 0.6) is 11.5 Å². The molecule has 4 nitrogen and oxygen atoms in total. The molecule has 1 atom stereocenters. The van der Waals surface area contributed by atoms with Gasteiger partial charge in [0.25, 0.3) is 0 Å². The van der Waals surface area contributed by atoms with Crippen molar-refractivity contribution in [3.05, 3.63) is 52.8 Å². The summed E-state index contributed by atoms with van der Waals surface area (Å²) in [7, 11) is 0. The molecule has 2 aliphatic rings. The number of hydrogen-bond donors (Lipinski definition) is 1. The van der Waals surface area contributed by atoms with Crippen molar-refractivity contribution in [2.75, 3.05) is 19.8 Å². The van der Waals surface area contributed by atoms with E-state index in [-0.39, 0.29) is 6.04 Å². The first-order chi connectivity index (χ1) is 10.3. The van der Waals surface area contributed by atoms with Gasteiger partial charge in [-0.3, -0.25) is 4.98 Å². The highest BCUT2D eigenvalue weighted by atomic mass is 16.6. The van der Waals surface area contributed by atoms with Crippen molar-refractivity contribution in [3.8, 4) is 11.5 Å². The summed E-state index contributed by atoms with van der Waals surface area (Å²) in [6.07, 6.45) is 2.93. The van der Waals surface area contributed by atoms with E-state index in [0.717, 1.165) is 30.2 Å². The van der Waals surface area contributed by atoms with Crippen molar-refractivity contribution in [2.45, 2.75) is 19.4 Å². The lowest BCUT2D eigenvalue weighted by Gasteiger charge is -2.29. The molecule has 4 heteroatoms.